The molecule has 0 aromatic heterocycles. The molecule has 0 aliphatic carbocycles. The van der Waals surface area contributed by atoms with E-state index in [2.05, 4.69) is 25.2 Å². The molecule has 1 rings (SSSR count). The van der Waals surface area contributed by atoms with Crippen LogP contribution in [0.25, 0.3) is 0 Å². The summed E-state index contributed by atoms with van der Waals surface area (Å²) < 4.78 is 5.21. The molecule has 1 atom stereocenters. The molecule has 0 amide bonds. The predicted octanol–water partition coefficient (Wildman–Crippen LogP) is 4.41. The van der Waals surface area contributed by atoms with Gasteiger partial charge in [-0.05, 0) is 44.4 Å². The van der Waals surface area contributed by atoms with E-state index >= 15 is 0 Å². The summed E-state index contributed by atoms with van der Waals surface area (Å²) in [4.78, 5) is 11.4. The van der Waals surface area contributed by atoms with Crippen molar-refractivity contribution in [1.82, 2.24) is 0 Å². The summed E-state index contributed by atoms with van der Waals surface area (Å²) in [5, 5.41) is 0. The Balaban J connectivity index is 2.34. The molecule has 18 heavy (non-hydrogen) atoms. The van der Waals surface area contributed by atoms with Crippen LogP contribution < -0.4 is 0 Å². The van der Waals surface area contributed by atoms with E-state index in [1.165, 1.54) is 25.7 Å². The summed E-state index contributed by atoms with van der Waals surface area (Å²) in [5.74, 6) is 0.556. The second kappa shape index (κ2) is 9.93. The summed E-state index contributed by atoms with van der Waals surface area (Å²) in [5.41, 5.74) is 0. The first-order valence-electron chi connectivity index (χ1n) is 7.24. The maximum Gasteiger partial charge on any atom is 0.309 e. The molecule has 0 aromatic carbocycles. The molecule has 0 bridgehead atoms. The van der Waals surface area contributed by atoms with E-state index in [-0.39, 0.29) is 5.97 Å². The predicted molar refractivity (Wildman–Crippen MR) is 75.3 cm³/mol. The highest BCUT2D eigenvalue weighted by Gasteiger charge is 2.04. The molecule has 0 aromatic rings. The van der Waals surface area contributed by atoms with Gasteiger partial charge < -0.3 is 4.74 Å². The number of cyclic esters (lactones) is 1. The number of hydrogen-bond acceptors (Lipinski definition) is 2. The third-order valence-corrected chi connectivity index (χ3v) is 3.30. The fourth-order valence-electron chi connectivity index (χ4n) is 2.05. The van der Waals surface area contributed by atoms with Crippen LogP contribution in [0, 0.1) is 5.92 Å². The van der Waals surface area contributed by atoms with Crippen molar-refractivity contribution in [3.05, 3.63) is 24.3 Å². The average molecular weight is 250 g/mol. The fraction of sp³-hybridized carbons (Fsp3) is 0.688. The SMILES string of the molecule is CC1CCC/C=C\CCC/C=C/CC(=O)OCC1. The number of allylic oxidation sites excluding steroid dienone is 3. The minimum atomic E-state index is -0.0922. The largest absolute Gasteiger partial charge is 0.465 e. The normalized spacial score (nSPS) is 28.3. The van der Waals surface area contributed by atoms with Gasteiger partial charge in [-0.1, -0.05) is 37.6 Å². The Kier molecular flexibility index (Phi) is 8.28. The first-order valence-corrected chi connectivity index (χ1v) is 7.24. The quantitative estimate of drug-likeness (QED) is 0.470. The van der Waals surface area contributed by atoms with Gasteiger partial charge in [-0.2, -0.15) is 0 Å². The molecule has 0 fully saturated rings. The van der Waals surface area contributed by atoms with Gasteiger partial charge >= 0.3 is 5.97 Å². The van der Waals surface area contributed by atoms with E-state index < -0.39 is 0 Å². The van der Waals surface area contributed by atoms with Crippen molar-refractivity contribution < 1.29 is 9.53 Å². The molecule has 2 heteroatoms. The highest BCUT2D eigenvalue weighted by atomic mass is 16.5. The van der Waals surface area contributed by atoms with Crippen molar-refractivity contribution in [3.8, 4) is 0 Å². The Labute approximate surface area is 111 Å². The number of carbonyl (C=O) groups excluding carboxylic acids is 1. The lowest BCUT2D eigenvalue weighted by molar-refractivity contribution is -0.142. The van der Waals surface area contributed by atoms with Gasteiger partial charge in [0.25, 0.3) is 0 Å². The van der Waals surface area contributed by atoms with E-state index in [0.717, 1.165) is 19.3 Å². The van der Waals surface area contributed by atoms with Crippen LogP contribution in [0.15, 0.2) is 24.3 Å². The van der Waals surface area contributed by atoms with Gasteiger partial charge in [0, 0.05) is 0 Å². The van der Waals surface area contributed by atoms with Crippen molar-refractivity contribution >= 4 is 5.97 Å². The van der Waals surface area contributed by atoms with Crippen molar-refractivity contribution in [3.63, 3.8) is 0 Å². The minimum Gasteiger partial charge on any atom is -0.465 e. The van der Waals surface area contributed by atoms with Gasteiger partial charge in [-0.3, -0.25) is 4.79 Å². The number of esters is 1. The molecule has 0 saturated heterocycles. The van der Waals surface area contributed by atoms with Crippen LogP contribution in [-0.2, 0) is 9.53 Å². The van der Waals surface area contributed by atoms with E-state index in [0.29, 0.717) is 18.9 Å². The third-order valence-electron chi connectivity index (χ3n) is 3.30. The standard InChI is InChI=1S/C16H26O2/c1-15-11-9-7-5-3-2-4-6-8-10-12-16(17)18-14-13-15/h3,5,8,10,15H,2,4,6-7,9,11-14H2,1H3/b5-3-,10-8+. The van der Waals surface area contributed by atoms with Crippen LogP contribution >= 0.6 is 0 Å². The van der Waals surface area contributed by atoms with Gasteiger partial charge in [-0.25, -0.2) is 0 Å². The van der Waals surface area contributed by atoms with Crippen LogP contribution in [0.5, 0.6) is 0 Å². The zero-order chi connectivity index (χ0) is 13.1. The van der Waals surface area contributed by atoms with Gasteiger partial charge in [0.05, 0.1) is 13.0 Å². The van der Waals surface area contributed by atoms with E-state index in [1.54, 1.807) is 0 Å². The summed E-state index contributed by atoms with van der Waals surface area (Å²) in [6.45, 7) is 2.81. The second-order valence-electron chi connectivity index (χ2n) is 5.12. The molecule has 0 spiro atoms. The number of hydrogen-bond donors (Lipinski definition) is 0. The summed E-state index contributed by atoms with van der Waals surface area (Å²) in [6, 6.07) is 0. The minimum absolute atomic E-state index is 0.0922. The van der Waals surface area contributed by atoms with Crippen molar-refractivity contribution in [2.45, 2.75) is 58.3 Å². The summed E-state index contributed by atoms with van der Waals surface area (Å²) in [6.07, 6.45) is 17.0. The molecular formula is C16H26O2. The topological polar surface area (TPSA) is 26.3 Å². The monoisotopic (exact) mass is 250 g/mol. The van der Waals surface area contributed by atoms with Crippen LogP contribution in [0.4, 0.5) is 0 Å². The maximum atomic E-state index is 11.4. The van der Waals surface area contributed by atoms with Crippen molar-refractivity contribution in [2.24, 2.45) is 5.92 Å². The smallest absolute Gasteiger partial charge is 0.309 e. The van der Waals surface area contributed by atoms with Crippen LogP contribution in [0.2, 0.25) is 0 Å². The molecule has 0 N–H and O–H groups in total. The summed E-state index contributed by atoms with van der Waals surface area (Å²) >= 11 is 0. The third kappa shape index (κ3) is 8.10. The fourth-order valence-corrected chi connectivity index (χ4v) is 2.05. The lowest BCUT2D eigenvalue weighted by Gasteiger charge is -2.10. The Morgan fingerprint density at radius 3 is 2.44 bits per heavy atom. The average Bonchev–Trinajstić information content (AvgIpc) is 2.34. The molecule has 1 unspecified atom stereocenters. The van der Waals surface area contributed by atoms with E-state index in [4.69, 9.17) is 4.74 Å². The molecule has 0 radical (unpaired) electrons. The molecule has 1 heterocycles. The summed E-state index contributed by atoms with van der Waals surface area (Å²) in [7, 11) is 0. The van der Waals surface area contributed by atoms with Gasteiger partial charge in [0.15, 0.2) is 0 Å². The lowest BCUT2D eigenvalue weighted by atomic mass is 10.0. The number of rotatable bonds is 0. The van der Waals surface area contributed by atoms with Crippen LogP contribution in [0.1, 0.15) is 58.3 Å². The van der Waals surface area contributed by atoms with Gasteiger partial charge in [0.1, 0.15) is 0 Å². The zero-order valence-electron chi connectivity index (χ0n) is 11.6. The zero-order valence-corrected chi connectivity index (χ0v) is 11.6. The molecule has 2 nitrogen and oxygen atoms in total. The first-order chi connectivity index (χ1) is 8.79. The van der Waals surface area contributed by atoms with Gasteiger partial charge in [-0.15, -0.1) is 0 Å². The molecule has 1 aliphatic heterocycles. The lowest BCUT2D eigenvalue weighted by Crippen LogP contribution is -2.07. The van der Waals surface area contributed by atoms with Crippen molar-refractivity contribution in [2.75, 3.05) is 6.61 Å². The Bertz CT molecular complexity index is 279. The molecular weight excluding hydrogens is 224 g/mol. The van der Waals surface area contributed by atoms with Crippen molar-refractivity contribution in [1.29, 1.82) is 0 Å². The highest BCUT2D eigenvalue weighted by molar-refractivity contribution is 5.71. The maximum absolute atomic E-state index is 11.4. The highest BCUT2D eigenvalue weighted by Crippen LogP contribution is 2.13. The Morgan fingerprint density at radius 1 is 1.00 bits per heavy atom. The van der Waals surface area contributed by atoms with Crippen LogP contribution in [-0.4, -0.2) is 12.6 Å². The van der Waals surface area contributed by atoms with Gasteiger partial charge in [0.2, 0.25) is 0 Å². The molecule has 102 valence electrons. The van der Waals surface area contributed by atoms with E-state index in [1.807, 2.05) is 6.08 Å². The Hall–Kier alpha value is -1.05. The van der Waals surface area contributed by atoms with E-state index in [9.17, 15) is 4.79 Å². The first kappa shape index (κ1) is 15.0. The Morgan fingerprint density at radius 2 is 1.67 bits per heavy atom. The molecule has 1 aliphatic rings. The van der Waals surface area contributed by atoms with Crippen LogP contribution in [0.3, 0.4) is 0 Å². The number of carbonyl (C=O) groups is 1. The second-order valence-corrected chi connectivity index (χ2v) is 5.12. The number of ether oxygens (including phenoxy) is 1. The molecule has 0 saturated carbocycles.